The Balaban J connectivity index is 2.00. The molecule has 1 N–H and O–H groups in total. The van der Waals surface area contributed by atoms with Crippen molar-refractivity contribution in [1.82, 2.24) is 10.3 Å². The lowest BCUT2D eigenvalue weighted by molar-refractivity contribution is 0.397. The van der Waals surface area contributed by atoms with Gasteiger partial charge in [0.1, 0.15) is 0 Å². The van der Waals surface area contributed by atoms with Crippen molar-refractivity contribution in [2.24, 2.45) is 0 Å². The summed E-state index contributed by atoms with van der Waals surface area (Å²) in [6.45, 7) is 0.665. The fraction of sp³-hybridized carbons (Fsp3) is 0.250. The molecule has 0 spiro atoms. The van der Waals surface area contributed by atoms with E-state index in [-0.39, 0.29) is 6.04 Å². The van der Waals surface area contributed by atoms with E-state index in [9.17, 15) is 0 Å². The zero-order valence-corrected chi connectivity index (χ0v) is 11.4. The Morgan fingerprint density at radius 1 is 1.25 bits per heavy atom. The van der Waals surface area contributed by atoms with Gasteiger partial charge in [-0.2, -0.15) is 5.26 Å². The molecule has 1 atom stereocenters. The quantitative estimate of drug-likeness (QED) is 0.874. The normalized spacial score (nSPS) is 11.6. The maximum absolute atomic E-state index is 8.94. The minimum absolute atomic E-state index is 0.0308. The van der Waals surface area contributed by atoms with Crippen LogP contribution in [0.15, 0.2) is 48.7 Å². The molecule has 4 heteroatoms. The van der Waals surface area contributed by atoms with Crippen LogP contribution in [0, 0.1) is 11.3 Å². The maximum Gasteiger partial charge on any atom is 0.212 e. The molecule has 0 radical (unpaired) electrons. The van der Waals surface area contributed by atoms with Gasteiger partial charge in [0.05, 0.1) is 19.6 Å². The number of nitriles is 1. The number of benzene rings is 1. The minimum Gasteiger partial charge on any atom is -0.481 e. The third-order valence-corrected chi connectivity index (χ3v) is 3.06. The van der Waals surface area contributed by atoms with Crippen LogP contribution in [0.1, 0.15) is 23.6 Å². The van der Waals surface area contributed by atoms with Gasteiger partial charge in [-0.05, 0) is 11.1 Å². The van der Waals surface area contributed by atoms with E-state index in [1.807, 2.05) is 42.5 Å². The Bertz CT molecular complexity index is 561. The molecule has 1 aromatic carbocycles. The fourth-order valence-electron chi connectivity index (χ4n) is 1.96. The highest BCUT2D eigenvalue weighted by molar-refractivity contribution is 5.21. The number of aromatic nitrogens is 1. The molecule has 0 bridgehead atoms. The van der Waals surface area contributed by atoms with Crippen LogP contribution in [0.3, 0.4) is 0 Å². The molecule has 0 aliphatic rings. The van der Waals surface area contributed by atoms with Crippen molar-refractivity contribution in [1.29, 1.82) is 5.26 Å². The monoisotopic (exact) mass is 267 g/mol. The lowest BCUT2D eigenvalue weighted by Gasteiger charge is -2.16. The van der Waals surface area contributed by atoms with E-state index in [1.54, 1.807) is 13.3 Å². The molecule has 0 amide bonds. The van der Waals surface area contributed by atoms with Crippen LogP contribution in [0.4, 0.5) is 0 Å². The number of ether oxygens (including phenoxy) is 1. The number of hydrogen-bond donors (Lipinski definition) is 1. The second kappa shape index (κ2) is 7.27. The molecule has 0 saturated carbocycles. The molecule has 2 aromatic rings. The molecule has 1 aromatic heterocycles. The largest absolute Gasteiger partial charge is 0.481 e. The Morgan fingerprint density at radius 2 is 2.05 bits per heavy atom. The molecule has 0 fully saturated rings. The summed E-state index contributed by atoms with van der Waals surface area (Å²) in [5.74, 6) is 0.602. The zero-order chi connectivity index (χ0) is 14.2. The third kappa shape index (κ3) is 3.81. The van der Waals surface area contributed by atoms with Crippen molar-refractivity contribution >= 4 is 0 Å². The first kappa shape index (κ1) is 14.0. The highest BCUT2D eigenvalue weighted by Crippen LogP contribution is 2.17. The lowest BCUT2D eigenvalue weighted by atomic mass is 10.0. The van der Waals surface area contributed by atoms with Crippen molar-refractivity contribution in [3.8, 4) is 11.9 Å². The van der Waals surface area contributed by atoms with Crippen LogP contribution >= 0.6 is 0 Å². The van der Waals surface area contributed by atoms with Crippen molar-refractivity contribution in [3.05, 3.63) is 59.8 Å². The predicted molar refractivity (Wildman–Crippen MR) is 77.0 cm³/mol. The smallest absolute Gasteiger partial charge is 0.212 e. The molecule has 102 valence electrons. The topological polar surface area (TPSA) is 57.9 Å². The predicted octanol–water partition coefficient (Wildman–Crippen LogP) is 2.83. The summed E-state index contributed by atoms with van der Waals surface area (Å²) < 4.78 is 5.03. The van der Waals surface area contributed by atoms with Gasteiger partial charge in [-0.25, -0.2) is 4.98 Å². The van der Waals surface area contributed by atoms with Crippen molar-refractivity contribution < 1.29 is 4.74 Å². The van der Waals surface area contributed by atoms with Crippen LogP contribution in [-0.2, 0) is 6.54 Å². The number of hydrogen-bond acceptors (Lipinski definition) is 4. The number of nitrogens with zero attached hydrogens (tertiary/aromatic N) is 2. The van der Waals surface area contributed by atoms with Crippen LogP contribution in [0.5, 0.6) is 5.88 Å². The first-order valence-corrected chi connectivity index (χ1v) is 6.47. The first-order valence-electron chi connectivity index (χ1n) is 6.47. The Labute approximate surface area is 119 Å². The summed E-state index contributed by atoms with van der Waals surface area (Å²) in [6, 6.07) is 16.0. The molecule has 0 aliphatic carbocycles. The maximum atomic E-state index is 8.94. The van der Waals surface area contributed by atoms with Crippen LogP contribution in [0.25, 0.3) is 0 Å². The summed E-state index contributed by atoms with van der Waals surface area (Å²) >= 11 is 0. The zero-order valence-electron chi connectivity index (χ0n) is 11.4. The molecule has 0 saturated heterocycles. The van der Waals surface area contributed by atoms with E-state index in [4.69, 9.17) is 10.00 Å². The third-order valence-electron chi connectivity index (χ3n) is 3.06. The molecule has 1 unspecified atom stereocenters. The van der Waals surface area contributed by atoms with Gasteiger partial charge in [-0.15, -0.1) is 0 Å². The molecular weight excluding hydrogens is 250 g/mol. The average molecular weight is 267 g/mol. The van der Waals surface area contributed by atoms with Crippen LogP contribution in [0.2, 0.25) is 0 Å². The highest BCUT2D eigenvalue weighted by atomic mass is 16.5. The summed E-state index contributed by atoms with van der Waals surface area (Å²) in [7, 11) is 1.60. The number of methoxy groups -OCH3 is 1. The molecular formula is C16H17N3O. The molecule has 0 aliphatic heterocycles. The number of pyridine rings is 1. The summed E-state index contributed by atoms with van der Waals surface area (Å²) in [5, 5.41) is 12.3. The van der Waals surface area contributed by atoms with Crippen LogP contribution in [-0.4, -0.2) is 12.1 Å². The van der Waals surface area contributed by atoms with E-state index in [2.05, 4.69) is 16.4 Å². The number of nitrogens with one attached hydrogen (secondary N) is 1. The van der Waals surface area contributed by atoms with Crippen LogP contribution < -0.4 is 10.1 Å². The number of rotatable bonds is 6. The van der Waals surface area contributed by atoms with E-state index < -0.39 is 0 Å². The van der Waals surface area contributed by atoms with Gasteiger partial charge >= 0.3 is 0 Å². The minimum atomic E-state index is 0.0308. The second-order valence-electron chi connectivity index (χ2n) is 4.42. The van der Waals surface area contributed by atoms with Gasteiger partial charge in [-0.3, -0.25) is 0 Å². The van der Waals surface area contributed by atoms with Gasteiger partial charge in [0.25, 0.3) is 0 Å². The van der Waals surface area contributed by atoms with Gasteiger partial charge < -0.3 is 10.1 Å². The van der Waals surface area contributed by atoms with Gasteiger partial charge in [0.15, 0.2) is 0 Å². The van der Waals surface area contributed by atoms with E-state index in [0.29, 0.717) is 18.8 Å². The standard InChI is InChI=1S/C16H17N3O/c1-20-16-8-7-13(12-19-16)11-18-15(9-10-17)14-5-3-2-4-6-14/h2-8,12,15,18H,9,11H2,1H3. The van der Waals surface area contributed by atoms with Gasteiger partial charge in [0, 0.05) is 24.8 Å². The molecule has 4 nitrogen and oxygen atoms in total. The van der Waals surface area contributed by atoms with Crippen molar-refractivity contribution in [2.75, 3.05) is 7.11 Å². The average Bonchev–Trinajstić information content (AvgIpc) is 2.53. The van der Waals surface area contributed by atoms with E-state index in [0.717, 1.165) is 11.1 Å². The fourth-order valence-corrected chi connectivity index (χ4v) is 1.96. The molecule has 20 heavy (non-hydrogen) atoms. The summed E-state index contributed by atoms with van der Waals surface area (Å²) in [5.41, 5.74) is 2.18. The molecule has 1 heterocycles. The van der Waals surface area contributed by atoms with Gasteiger partial charge in [-0.1, -0.05) is 36.4 Å². The molecule has 2 rings (SSSR count). The second-order valence-corrected chi connectivity index (χ2v) is 4.42. The Kier molecular flexibility index (Phi) is 5.10. The van der Waals surface area contributed by atoms with Gasteiger partial charge in [0.2, 0.25) is 5.88 Å². The Hall–Kier alpha value is -2.38. The van der Waals surface area contributed by atoms with Crippen molar-refractivity contribution in [3.63, 3.8) is 0 Å². The van der Waals surface area contributed by atoms with E-state index >= 15 is 0 Å². The summed E-state index contributed by atoms with van der Waals surface area (Å²) in [6.07, 6.45) is 2.22. The highest BCUT2D eigenvalue weighted by Gasteiger charge is 2.10. The lowest BCUT2D eigenvalue weighted by Crippen LogP contribution is -2.20. The Morgan fingerprint density at radius 3 is 2.65 bits per heavy atom. The van der Waals surface area contributed by atoms with Crippen molar-refractivity contribution in [2.45, 2.75) is 19.0 Å². The van der Waals surface area contributed by atoms with E-state index in [1.165, 1.54) is 0 Å². The first-order chi connectivity index (χ1) is 9.83. The SMILES string of the molecule is COc1ccc(CNC(CC#N)c2ccccc2)cn1. The summed E-state index contributed by atoms with van der Waals surface area (Å²) in [4.78, 5) is 4.17.